The smallest absolute Gasteiger partial charge is 0.227 e. The van der Waals surface area contributed by atoms with Crippen LogP contribution in [0.4, 0.5) is 0 Å². The molecule has 4 rings (SSSR count). The second-order valence-electron chi connectivity index (χ2n) is 8.43. The predicted molar refractivity (Wildman–Crippen MR) is 112 cm³/mol. The van der Waals surface area contributed by atoms with Gasteiger partial charge in [0.05, 0.1) is 39.6 Å². The second kappa shape index (κ2) is 8.36. The lowest BCUT2D eigenvalue weighted by Gasteiger charge is -2.51. The van der Waals surface area contributed by atoms with E-state index in [4.69, 9.17) is 14.2 Å². The molecule has 3 saturated heterocycles. The fourth-order valence-corrected chi connectivity index (χ4v) is 7.26. The number of nitrogens with zero attached hydrogens (tertiary/aromatic N) is 2. The number of ether oxygens (including phenoxy) is 3. The summed E-state index contributed by atoms with van der Waals surface area (Å²) in [6.07, 6.45) is 0.868. The van der Waals surface area contributed by atoms with Gasteiger partial charge in [-0.05, 0) is 30.0 Å². The van der Waals surface area contributed by atoms with Crippen molar-refractivity contribution in [1.29, 1.82) is 0 Å². The van der Waals surface area contributed by atoms with Gasteiger partial charge in [0.1, 0.15) is 16.2 Å². The minimum Gasteiger partial charge on any atom is -0.497 e. The lowest BCUT2D eigenvalue weighted by atomic mass is 9.82. The number of hydrogen-bond acceptors (Lipinski definition) is 7. The van der Waals surface area contributed by atoms with Gasteiger partial charge < -0.3 is 19.1 Å². The van der Waals surface area contributed by atoms with Crippen molar-refractivity contribution in [1.82, 2.24) is 9.80 Å². The van der Waals surface area contributed by atoms with Gasteiger partial charge in [-0.15, -0.1) is 0 Å². The van der Waals surface area contributed by atoms with Gasteiger partial charge in [-0.2, -0.15) is 0 Å². The Kier molecular flexibility index (Phi) is 5.96. The molecule has 0 radical (unpaired) electrons. The molecule has 1 unspecified atom stereocenters. The van der Waals surface area contributed by atoms with Crippen LogP contribution >= 0.6 is 0 Å². The van der Waals surface area contributed by atoms with Crippen molar-refractivity contribution in [2.24, 2.45) is 5.92 Å². The summed E-state index contributed by atoms with van der Waals surface area (Å²) in [5.74, 6) is 1.48. The van der Waals surface area contributed by atoms with Gasteiger partial charge in [-0.25, -0.2) is 8.42 Å². The molecule has 1 spiro atoms. The number of benzene rings is 1. The lowest BCUT2D eigenvalue weighted by Crippen LogP contribution is -2.69. The average Bonchev–Trinajstić information content (AvgIpc) is 2.97. The molecule has 30 heavy (non-hydrogen) atoms. The third-order valence-electron chi connectivity index (χ3n) is 6.72. The van der Waals surface area contributed by atoms with Crippen LogP contribution in [0.3, 0.4) is 0 Å². The molecule has 0 aliphatic carbocycles. The number of carbonyl (C=O) groups excluding carboxylic acids is 1. The highest BCUT2D eigenvalue weighted by molar-refractivity contribution is 7.93. The van der Waals surface area contributed by atoms with Crippen LogP contribution in [0.5, 0.6) is 11.5 Å². The maximum atomic E-state index is 12.9. The second-order valence-corrected chi connectivity index (χ2v) is 10.9. The molecule has 1 aromatic rings. The summed E-state index contributed by atoms with van der Waals surface area (Å²) in [6, 6.07) is 5.38. The zero-order valence-corrected chi connectivity index (χ0v) is 18.4. The molecule has 1 atom stereocenters. The number of hydrogen-bond donors (Lipinski definition) is 0. The van der Waals surface area contributed by atoms with Crippen molar-refractivity contribution in [2.75, 3.05) is 65.9 Å². The number of morpholine rings is 1. The number of carbonyl (C=O) groups is 1. The minimum atomic E-state index is -3.20. The molecule has 0 bridgehead atoms. The van der Waals surface area contributed by atoms with Crippen molar-refractivity contribution in [3.05, 3.63) is 23.8 Å². The van der Waals surface area contributed by atoms with Gasteiger partial charge in [0.2, 0.25) is 5.91 Å². The largest absolute Gasteiger partial charge is 0.497 e. The number of sulfone groups is 1. The van der Waals surface area contributed by atoms with Gasteiger partial charge >= 0.3 is 0 Å². The van der Waals surface area contributed by atoms with Crippen molar-refractivity contribution >= 4 is 15.7 Å². The quantitative estimate of drug-likeness (QED) is 0.643. The Morgan fingerprint density at radius 1 is 1.13 bits per heavy atom. The molecular weight excluding hydrogens is 408 g/mol. The first kappa shape index (κ1) is 21.4. The molecule has 3 aliphatic heterocycles. The number of rotatable bonds is 6. The maximum absolute atomic E-state index is 12.9. The third-order valence-corrected chi connectivity index (χ3v) is 9.32. The summed E-state index contributed by atoms with van der Waals surface area (Å²) >= 11 is 0. The zero-order chi connectivity index (χ0) is 21.4. The SMILES string of the molecule is COc1cc(CC(=O)N2CC3(C2)C(CN2CCOCC2)CCS3(=O)=O)cc(OC)c1. The van der Waals surface area contributed by atoms with Crippen LogP contribution in [0.2, 0.25) is 0 Å². The average molecular weight is 439 g/mol. The molecule has 1 aromatic carbocycles. The monoisotopic (exact) mass is 438 g/mol. The van der Waals surface area contributed by atoms with Gasteiger partial charge in [-0.1, -0.05) is 0 Å². The van der Waals surface area contributed by atoms with Crippen molar-refractivity contribution in [2.45, 2.75) is 17.6 Å². The predicted octanol–water partition coefficient (Wildman–Crippen LogP) is 0.594. The molecule has 0 N–H and O–H groups in total. The van der Waals surface area contributed by atoms with E-state index < -0.39 is 14.6 Å². The van der Waals surface area contributed by atoms with Crippen LogP contribution in [-0.2, 0) is 25.8 Å². The molecule has 1 amide bonds. The highest BCUT2D eigenvalue weighted by Gasteiger charge is 2.62. The molecule has 3 heterocycles. The fourth-order valence-electron chi connectivity index (χ4n) is 4.86. The van der Waals surface area contributed by atoms with Crippen molar-refractivity contribution in [3.63, 3.8) is 0 Å². The van der Waals surface area contributed by atoms with E-state index in [0.29, 0.717) is 44.2 Å². The summed E-state index contributed by atoms with van der Waals surface area (Å²) in [5, 5.41) is 0. The Morgan fingerprint density at radius 3 is 2.37 bits per heavy atom. The summed E-state index contributed by atoms with van der Waals surface area (Å²) in [5.41, 5.74) is 0.788. The van der Waals surface area contributed by atoms with E-state index in [0.717, 1.165) is 25.2 Å². The highest BCUT2D eigenvalue weighted by Crippen LogP contribution is 2.45. The van der Waals surface area contributed by atoms with Crippen LogP contribution < -0.4 is 9.47 Å². The normalized spacial score (nSPS) is 25.1. The van der Waals surface area contributed by atoms with Gasteiger partial charge in [-0.3, -0.25) is 9.69 Å². The van der Waals surface area contributed by atoms with Crippen molar-refractivity contribution in [3.8, 4) is 11.5 Å². The Morgan fingerprint density at radius 2 is 1.77 bits per heavy atom. The molecular formula is C21H30N2O6S. The van der Waals surface area contributed by atoms with Crippen LogP contribution in [-0.4, -0.2) is 94.8 Å². The lowest BCUT2D eigenvalue weighted by molar-refractivity contribution is -0.136. The molecule has 8 nitrogen and oxygen atoms in total. The van der Waals surface area contributed by atoms with Crippen LogP contribution in [0.1, 0.15) is 12.0 Å². The van der Waals surface area contributed by atoms with E-state index in [1.807, 2.05) is 12.1 Å². The van der Waals surface area contributed by atoms with Gasteiger partial charge in [0.25, 0.3) is 0 Å². The van der Waals surface area contributed by atoms with Crippen LogP contribution in [0.15, 0.2) is 18.2 Å². The Bertz CT molecular complexity index is 869. The van der Waals surface area contributed by atoms with Crippen LogP contribution in [0.25, 0.3) is 0 Å². The summed E-state index contributed by atoms with van der Waals surface area (Å²) in [4.78, 5) is 16.8. The summed E-state index contributed by atoms with van der Waals surface area (Å²) in [7, 11) is -0.0651. The van der Waals surface area contributed by atoms with Crippen molar-refractivity contribution < 1.29 is 27.4 Å². The fraction of sp³-hybridized carbons (Fsp3) is 0.667. The number of methoxy groups -OCH3 is 2. The molecule has 3 fully saturated rings. The Balaban J connectivity index is 1.43. The maximum Gasteiger partial charge on any atom is 0.227 e. The van der Waals surface area contributed by atoms with E-state index in [1.165, 1.54) is 0 Å². The minimum absolute atomic E-state index is 0.0665. The number of amides is 1. The Hall–Kier alpha value is -1.84. The van der Waals surface area contributed by atoms with E-state index in [-0.39, 0.29) is 24.0 Å². The van der Waals surface area contributed by atoms with Gasteiger partial charge in [0.15, 0.2) is 9.84 Å². The highest BCUT2D eigenvalue weighted by atomic mass is 32.2. The van der Waals surface area contributed by atoms with E-state index >= 15 is 0 Å². The topological polar surface area (TPSA) is 85.4 Å². The number of likely N-dealkylation sites (tertiary alicyclic amines) is 1. The van der Waals surface area contributed by atoms with Crippen LogP contribution in [0, 0.1) is 5.92 Å². The third kappa shape index (κ3) is 3.90. The molecule has 0 saturated carbocycles. The summed E-state index contributed by atoms with van der Waals surface area (Å²) in [6.45, 7) is 4.42. The van der Waals surface area contributed by atoms with Gasteiger partial charge in [0, 0.05) is 38.8 Å². The van der Waals surface area contributed by atoms with E-state index in [9.17, 15) is 13.2 Å². The standard InChI is InChI=1S/C21H30N2O6S/c1-27-18-9-16(10-19(12-18)28-2)11-20(24)23-14-21(15-23)17(3-8-30(21,25)26)13-22-4-6-29-7-5-22/h9-10,12,17H,3-8,11,13-15H2,1-2H3. The molecule has 3 aliphatic rings. The zero-order valence-electron chi connectivity index (χ0n) is 17.6. The molecule has 9 heteroatoms. The molecule has 0 aromatic heterocycles. The Labute approximate surface area is 178 Å². The first-order valence-electron chi connectivity index (χ1n) is 10.4. The van der Waals surface area contributed by atoms with E-state index in [2.05, 4.69) is 4.90 Å². The first-order valence-corrected chi connectivity index (χ1v) is 12.0. The molecule has 166 valence electrons. The summed E-state index contributed by atoms with van der Waals surface area (Å²) < 4.78 is 41.0. The van der Waals surface area contributed by atoms with E-state index in [1.54, 1.807) is 25.2 Å². The first-order chi connectivity index (χ1) is 14.4.